The Morgan fingerprint density at radius 2 is 1.42 bits per heavy atom. The number of hydrogen-bond donors (Lipinski definition) is 6. The van der Waals surface area contributed by atoms with Crippen molar-refractivity contribution in [1.29, 1.82) is 0 Å². The summed E-state index contributed by atoms with van der Waals surface area (Å²) in [5.74, 6) is -2.63. The number of hydrogen-bond acceptors (Lipinski definition) is 12. The van der Waals surface area contributed by atoms with Gasteiger partial charge in [0, 0.05) is 24.7 Å². The number of aromatic hydroxyl groups is 3. The molecule has 12 rings (SSSR count). The summed E-state index contributed by atoms with van der Waals surface area (Å²) in [4.78, 5) is 30.1. The van der Waals surface area contributed by atoms with Crippen LogP contribution in [-0.4, -0.2) is 81.4 Å². The molecule has 0 heterocycles. The van der Waals surface area contributed by atoms with Crippen LogP contribution in [0.2, 0.25) is 0 Å². The van der Waals surface area contributed by atoms with Gasteiger partial charge < -0.3 is 49.6 Å². The second kappa shape index (κ2) is 19.7. The first-order valence-corrected chi connectivity index (χ1v) is 27.3. The van der Waals surface area contributed by atoms with E-state index in [1.165, 1.54) is 21.1 Å². The number of fused-ring (bicyclic) bond motifs is 6. The molecule has 11 atom stereocenters. The van der Waals surface area contributed by atoms with Crippen molar-refractivity contribution in [3.05, 3.63) is 161 Å². The van der Waals surface area contributed by atoms with Gasteiger partial charge in [0.05, 0.1) is 25.7 Å². The zero-order chi connectivity index (χ0) is 53.5. The predicted molar refractivity (Wildman–Crippen MR) is 291 cm³/mol. The molecule has 5 aliphatic rings. The van der Waals surface area contributed by atoms with Gasteiger partial charge in [0.1, 0.15) is 18.0 Å². The molecule has 0 unspecified atom stereocenters. The first-order valence-electron chi connectivity index (χ1n) is 27.3. The molecule has 3 saturated carbocycles. The topological polar surface area (TPSA) is 192 Å². The van der Waals surface area contributed by atoms with E-state index < -0.39 is 65.1 Å². The fourth-order valence-corrected chi connectivity index (χ4v) is 16.0. The summed E-state index contributed by atoms with van der Waals surface area (Å²) in [5.41, 5.74) is 4.94. The number of methoxy groups -OCH3 is 2. The minimum atomic E-state index is -1.58. The number of phenolic OH excluding ortho intramolecular Hbond substituents is 3. The van der Waals surface area contributed by atoms with E-state index in [-0.39, 0.29) is 54.3 Å². The highest BCUT2D eigenvalue weighted by Gasteiger charge is 2.67. The highest BCUT2D eigenvalue weighted by atomic mass is 16.6. The van der Waals surface area contributed by atoms with Crippen LogP contribution in [0.3, 0.4) is 0 Å². The molecular formula is C65H66O12. The van der Waals surface area contributed by atoms with Crippen LogP contribution in [0.5, 0.6) is 28.7 Å². The van der Waals surface area contributed by atoms with Gasteiger partial charge in [0.15, 0.2) is 29.3 Å². The van der Waals surface area contributed by atoms with Gasteiger partial charge in [-0.3, -0.25) is 9.59 Å². The van der Waals surface area contributed by atoms with E-state index in [9.17, 15) is 35.4 Å². The minimum Gasteiger partial charge on any atom is -0.508 e. The van der Waals surface area contributed by atoms with Crippen molar-refractivity contribution in [2.24, 2.45) is 23.7 Å². The Kier molecular flexibility index (Phi) is 13.0. The van der Waals surface area contributed by atoms with Gasteiger partial charge in [-0.2, -0.15) is 0 Å². The normalized spacial score (nSPS) is 28.2. The Labute approximate surface area is 447 Å². The largest absolute Gasteiger partial charge is 0.508 e. The summed E-state index contributed by atoms with van der Waals surface area (Å²) in [5, 5.41) is 71.2. The van der Waals surface area contributed by atoms with Crippen LogP contribution in [0.4, 0.5) is 0 Å². The van der Waals surface area contributed by atoms with Crippen molar-refractivity contribution >= 4 is 33.5 Å². The lowest BCUT2D eigenvalue weighted by molar-refractivity contribution is -0.175. The van der Waals surface area contributed by atoms with Crippen molar-refractivity contribution in [2.75, 3.05) is 14.2 Å². The van der Waals surface area contributed by atoms with E-state index in [1.54, 1.807) is 24.3 Å². The number of benzene rings is 7. The van der Waals surface area contributed by atoms with Crippen LogP contribution in [0.15, 0.2) is 127 Å². The Bertz CT molecular complexity index is 3430. The summed E-state index contributed by atoms with van der Waals surface area (Å²) in [6, 6.07) is 41.3. The van der Waals surface area contributed by atoms with Crippen molar-refractivity contribution in [1.82, 2.24) is 0 Å². The summed E-state index contributed by atoms with van der Waals surface area (Å²) in [6.07, 6.45) is -0.399. The molecule has 6 N–H and O–H groups in total. The molecular weight excluding hydrogens is 973 g/mol. The fourth-order valence-electron chi connectivity index (χ4n) is 16.0. The molecule has 0 radical (unpaired) electrons. The van der Waals surface area contributed by atoms with Gasteiger partial charge in [-0.05, 0) is 189 Å². The molecule has 5 aliphatic carbocycles. The van der Waals surface area contributed by atoms with Gasteiger partial charge in [0.25, 0.3) is 0 Å². The first-order chi connectivity index (χ1) is 37.2. The highest BCUT2D eigenvalue weighted by molar-refractivity contribution is 5.99. The molecule has 0 amide bonds. The van der Waals surface area contributed by atoms with E-state index in [0.717, 1.165) is 66.1 Å². The van der Waals surface area contributed by atoms with Crippen molar-refractivity contribution in [2.45, 2.75) is 118 Å². The average molecular weight is 1040 g/mol. The number of ether oxygens (including phenoxy) is 4. The molecule has 0 aliphatic heterocycles. The molecule has 398 valence electrons. The zero-order valence-electron chi connectivity index (χ0n) is 43.6. The Balaban J connectivity index is 1.07. The smallest absolute Gasteiger partial charge is 0.317 e. The fraction of sp³-hybridized carbons (Fsp3) is 0.385. The van der Waals surface area contributed by atoms with Gasteiger partial charge >= 0.3 is 11.9 Å². The Morgan fingerprint density at radius 1 is 0.701 bits per heavy atom. The number of aliphatic hydroxyl groups excluding tert-OH is 2. The maximum absolute atomic E-state index is 16.2. The van der Waals surface area contributed by atoms with E-state index in [0.29, 0.717) is 56.4 Å². The van der Waals surface area contributed by atoms with E-state index in [2.05, 4.69) is 30.3 Å². The summed E-state index contributed by atoms with van der Waals surface area (Å²) in [6.45, 7) is 1.42. The van der Waals surface area contributed by atoms with Crippen LogP contribution >= 0.6 is 0 Å². The van der Waals surface area contributed by atoms with E-state index in [4.69, 9.17) is 18.9 Å². The zero-order valence-corrected chi connectivity index (χ0v) is 43.6. The van der Waals surface area contributed by atoms with Crippen LogP contribution < -0.4 is 9.47 Å². The number of esters is 2. The third-order valence-electron chi connectivity index (χ3n) is 19.0. The van der Waals surface area contributed by atoms with E-state index in [1.807, 2.05) is 72.8 Å². The Morgan fingerprint density at radius 3 is 2.18 bits per heavy atom. The first kappa shape index (κ1) is 50.7. The molecule has 0 bridgehead atoms. The summed E-state index contributed by atoms with van der Waals surface area (Å²) >= 11 is 0. The van der Waals surface area contributed by atoms with Crippen molar-refractivity contribution < 1.29 is 59.2 Å². The molecule has 7 aromatic rings. The second-order valence-corrected chi connectivity index (χ2v) is 22.7. The number of phenols is 3. The monoisotopic (exact) mass is 1040 g/mol. The SMILES string of the molecule is COc1cc2c(cc1O)[C@@H]1C[C@@H](O)[C@H]3Cc4cc(O)c(OC)cc4[C@H]4C[C@H](OC(=O)[C@]5(c6ccc7cc(O)cc(-c8ccccc8)c7c6)CCC[C@@H]5CCC(O)O)C[C@@H](OC(C)=O)[C@@H](C2)[C@]1(c1ccc2ccccc2c1)[C@H]34. The van der Waals surface area contributed by atoms with Crippen molar-refractivity contribution in [3.63, 3.8) is 0 Å². The number of aliphatic hydroxyl groups is 3. The van der Waals surface area contributed by atoms with Crippen LogP contribution in [0.1, 0.15) is 104 Å². The van der Waals surface area contributed by atoms with Crippen LogP contribution in [0.25, 0.3) is 32.7 Å². The predicted octanol–water partition coefficient (Wildman–Crippen LogP) is 10.8. The van der Waals surface area contributed by atoms with Gasteiger partial charge in [-0.1, -0.05) is 91.3 Å². The highest BCUT2D eigenvalue weighted by Crippen LogP contribution is 2.70. The van der Waals surface area contributed by atoms with Crippen LogP contribution in [0, 0.1) is 23.7 Å². The lowest BCUT2D eigenvalue weighted by atomic mass is 9.38. The molecule has 0 aromatic heterocycles. The lowest BCUT2D eigenvalue weighted by Crippen LogP contribution is -2.65. The van der Waals surface area contributed by atoms with Gasteiger partial charge in [-0.25, -0.2) is 0 Å². The third kappa shape index (κ3) is 8.37. The quantitative estimate of drug-likeness (QED) is 0.0531. The van der Waals surface area contributed by atoms with Crippen molar-refractivity contribution in [3.8, 4) is 39.9 Å². The van der Waals surface area contributed by atoms with Crippen LogP contribution in [-0.2, 0) is 42.7 Å². The molecule has 7 aromatic carbocycles. The molecule has 0 spiro atoms. The molecule has 0 saturated heterocycles. The average Bonchev–Trinajstić information content (AvgIpc) is 3.76. The second-order valence-electron chi connectivity index (χ2n) is 22.7. The maximum atomic E-state index is 16.2. The standard InChI is InChI=1S/C65H66O12/c1-35(66)76-58-31-46(77-63(73)64(21-9-14-42(64)19-20-61(71)72)43-17-16-39-23-45(67)29-48(47(39)28-43)37-11-5-4-6-12-37)30-51-49-33-60(75-3)56(69)26-40(49)24-52-55(68)34-53-50-32-57(70)59(74-2)27-41(50)25-54(58)65(53,62(51)52)44-18-15-36-10-7-8-13-38(36)22-44/h4-8,10-13,15-18,22-23,26-29,32-33,42,46,51-55,58,61-62,67-72H,9,14,19-21,24-25,30-31,34H2,1-3H3/t42-,46+,51-,52-,53+,54-,55-,58-,62+,64-,65-/m1/s1. The molecule has 77 heavy (non-hydrogen) atoms. The number of carbonyl (C=O) groups excluding carboxylic acids is 2. The third-order valence-corrected chi connectivity index (χ3v) is 19.0. The lowest BCUT2D eigenvalue weighted by Gasteiger charge is -2.66. The number of rotatable bonds is 11. The summed E-state index contributed by atoms with van der Waals surface area (Å²) < 4.78 is 25.5. The summed E-state index contributed by atoms with van der Waals surface area (Å²) in [7, 11) is 3.04. The number of carbonyl (C=O) groups is 2. The van der Waals surface area contributed by atoms with E-state index >= 15 is 4.79 Å². The molecule has 12 heteroatoms. The maximum Gasteiger partial charge on any atom is 0.317 e. The Hall–Kier alpha value is -7.12. The minimum absolute atomic E-state index is 0.0106. The molecule has 3 fully saturated rings. The van der Waals surface area contributed by atoms with Gasteiger partial charge in [0.2, 0.25) is 0 Å². The van der Waals surface area contributed by atoms with Gasteiger partial charge in [-0.15, -0.1) is 0 Å². The molecule has 12 nitrogen and oxygen atoms in total.